The van der Waals surface area contributed by atoms with Crippen molar-refractivity contribution in [2.24, 2.45) is 0 Å². The molecule has 4 rings (SSSR count). The standard InChI is InChI=1S/C13H11NO4S/c15-12-7-4-9-10(18-6-17-9)5-11(7)19-13(16)8-2-1-3-14(8)12/h4-5,8H,1-3,6H2. The van der Waals surface area contributed by atoms with Gasteiger partial charge in [-0.15, -0.1) is 0 Å². The van der Waals surface area contributed by atoms with E-state index in [1.54, 1.807) is 17.0 Å². The molecule has 1 aromatic rings. The van der Waals surface area contributed by atoms with Gasteiger partial charge < -0.3 is 14.4 Å². The topological polar surface area (TPSA) is 55.8 Å². The predicted octanol–water partition coefficient (Wildman–Crippen LogP) is 1.65. The van der Waals surface area contributed by atoms with Gasteiger partial charge >= 0.3 is 0 Å². The summed E-state index contributed by atoms with van der Waals surface area (Å²) < 4.78 is 10.6. The van der Waals surface area contributed by atoms with Crippen LogP contribution in [0, 0.1) is 0 Å². The molecule has 5 nitrogen and oxygen atoms in total. The van der Waals surface area contributed by atoms with E-state index in [4.69, 9.17) is 9.47 Å². The van der Waals surface area contributed by atoms with Gasteiger partial charge in [-0.25, -0.2) is 0 Å². The molecule has 19 heavy (non-hydrogen) atoms. The van der Waals surface area contributed by atoms with Gasteiger partial charge in [0.05, 0.1) is 5.56 Å². The van der Waals surface area contributed by atoms with E-state index < -0.39 is 0 Å². The average Bonchev–Trinajstić information content (AvgIpc) is 3.03. The number of ether oxygens (including phenoxy) is 2. The number of amides is 1. The molecule has 6 heteroatoms. The second-order valence-corrected chi connectivity index (χ2v) is 5.83. The minimum atomic E-state index is -0.276. The third-order valence-electron chi connectivity index (χ3n) is 3.70. The van der Waals surface area contributed by atoms with Gasteiger partial charge in [0, 0.05) is 11.4 Å². The fourth-order valence-electron chi connectivity index (χ4n) is 2.76. The number of benzene rings is 1. The molecular formula is C13H11NO4S. The highest BCUT2D eigenvalue weighted by atomic mass is 32.2. The highest BCUT2D eigenvalue weighted by Gasteiger charge is 2.39. The van der Waals surface area contributed by atoms with Crippen LogP contribution in [-0.2, 0) is 4.79 Å². The summed E-state index contributed by atoms with van der Waals surface area (Å²) in [5, 5.41) is 0.0449. The van der Waals surface area contributed by atoms with Gasteiger partial charge in [0.2, 0.25) is 11.9 Å². The Labute approximate surface area is 113 Å². The summed E-state index contributed by atoms with van der Waals surface area (Å²) in [5.41, 5.74) is 0.548. The number of hydrogen-bond donors (Lipinski definition) is 0. The number of fused-ring (bicyclic) bond motifs is 3. The quantitative estimate of drug-likeness (QED) is 0.721. The molecule has 0 bridgehead atoms. The normalized spacial score (nSPS) is 24.2. The zero-order valence-electron chi connectivity index (χ0n) is 10.0. The first-order valence-electron chi connectivity index (χ1n) is 6.20. The first-order valence-corrected chi connectivity index (χ1v) is 7.02. The van der Waals surface area contributed by atoms with E-state index >= 15 is 0 Å². The van der Waals surface area contributed by atoms with Gasteiger partial charge in [-0.2, -0.15) is 0 Å². The van der Waals surface area contributed by atoms with Crippen LogP contribution in [0.15, 0.2) is 17.0 Å². The van der Waals surface area contributed by atoms with Crippen molar-refractivity contribution in [1.29, 1.82) is 0 Å². The molecule has 0 spiro atoms. The van der Waals surface area contributed by atoms with Gasteiger partial charge in [0.1, 0.15) is 6.04 Å². The molecule has 1 saturated heterocycles. The van der Waals surface area contributed by atoms with Crippen LogP contribution in [-0.4, -0.2) is 35.3 Å². The van der Waals surface area contributed by atoms with E-state index in [1.807, 2.05) is 0 Å². The van der Waals surface area contributed by atoms with Gasteiger partial charge in [-0.05, 0) is 36.7 Å². The first kappa shape index (κ1) is 11.2. The second-order valence-electron chi connectivity index (χ2n) is 4.78. The number of nitrogens with zero attached hydrogens (tertiary/aromatic N) is 1. The zero-order chi connectivity index (χ0) is 13.0. The van der Waals surface area contributed by atoms with Gasteiger partial charge in [-0.3, -0.25) is 9.59 Å². The Hall–Kier alpha value is -1.69. The minimum absolute atomic E-state index is 0.0449. The minimum Gasteiger partial charge on any atom is -0.454 e. The van der Waals surface area contributed by atoms with Gasteiger partial charge in [0.25, 0.3) is 5.91 Å². The lowest BCUT2D eigenvalue weighted by atomic mass is 10.1. The van der Waals surface area contributed by atoms with Crippen molar-refractivity contribution in [3.8, 4) is 11.5 Å². The lowest BCUT2D eigenvalue weighted by Crippen LogP contribution is -2.37. The molecule has 0 N–H and O–H groups in total. The molecule has 98 valence electrons. The highest BCUT2D eigenvalue weighted by molar-refractivity contribution is 8.13. The number of carbonyl (C=O) groups excluding carboxylic acids is 2. The summed E-state index contributed by atoms with van der Waals surface area (Å²) in [7, 11) is 0. The molecule has 1 fully saturated rings. The first-order chi connectivity index (χ1) is 9.24. The third kappa shape index (κ3) is 1.56. The average molecular weight is 277 g/mol. The van der Waals surface area contributed by atoms with Crippen LogP contribution >= 0.6 is 11.8 Å². The van der Waals surface area contributed by atoms with Crippen molar-refractivity contribution in [3.63, 3.8) is 0 Å². The molecule has 3 aliphatic rings. The third-order valence-corrected chi connectivity index (χ3v) is 4.73. The summed E-state index contributed by atoms with van der Waals surface area (Å²) in [6.45, 7) is 0.820. The Balaban J connectivity index is 1.86. The largest absolute Gasteiger partial charge is 0.454 e. The van der Waals surface area contributed by atoms with E-state index in [1.165, 1.54) is 0 Å². The molecular weight excluding hydrogens is 266 g/mol. The van der Waals surface area contributed by atoms with E-state index in [0.29, 0.717) is 28.5 Å². The van der Waals surface area contributed by atoms with Crippen LogP contribution in [0.5, 0.6) is 11.5 Å². The molecule has 0 saturated carbocycles. The maximum absolute atomic E-state index is 12.5. The SMILES string of the molecule is O=C1Sc2cc3c(cc2C(=O)N2CCCC12)OCO3. The predicted molar refractivity (Wildman–Crippen MR) is 67.5 cm³/mol. The van der Waals surface area contributed by atoms with E-state index in [2.05, 4.69) is 0 Å². The van der Waals surface area contributed by atoms with Crippen molar-refractivity contribution in [1.82, 2.24) is 4.90 Å². The second kappa shape index (κ2) is 3.90. The Morgan fingerprint density at radius 3 is 2.84 bits per heavy atom. The lowest BCUT2D eigenvalue weighted by Gasteiger charge is -2.20. The van der Waals surface area contributed by atoms with Crippen LogP contribution in [0.3, 0.4) is 0 Å². The van der Waals surface area contributed by atoms with Crippen molar-refractivity contribution in [2.45, 2.75) is 23.8 Å². The van der Waals surface area contributed by atoms with Crippen molar-refractivity contribution in [2.75, 3.05) is 13.3 Å². The molecule has 0 aliphatic carbocycles. The summed E-state index contributed by atoms with van der Waals surface area (Å²) in [5.74, 6) is 1.11. The fraction of sp³-hybridized carbons (Fsp3) is 0.385. The Morgan fingerprint density at radius 1 is 1.21 bits per heavy atom. The summed E-state index contributed by atoms with van der Waals surface area (Å²) >= 11 is 1.14. The monoisotopic (exact) mass is 277 g/mol. The number of carbonyl (C=O) groups is 2. The Morgan fingerprint density at radius 2 is 2.00 bits per heavy atom. The van der Waals surface area contributed by atoms with Gasteiger partial charge in [-0.1, -0.05) is 0 Å². The van der Waals surface area contributed by atoms with E-state index in [-0.39, 0.29) is 23.9 Å². The Kier molecular flexibility index (Phi) is 2.29. The maximum atomic E-state index is 12.5. The van der Waals surface area contributed by atoms with Crippen molar-refractivity contribution >= 4 is 22.8 Å². The number of rotatable bonds is 0. The van der Waals surface area contributed by atoms with Crippen LogP contribution < -0.4 is 9.47 Å². The fourth-order valence-corrected chi connectivity index (χ4v) is 3.78. The summed E-state index contributed by atoms with van der Waals surface area (Å²) in [6, 6.07) is 3.16. The molecule has 3 aliphatic heterocycles. The van der Waals surface area contributed by atoms with Crippen LogP contribution in [0.25, 0.3) is 0 Å². The van der Waals surface area contributed by atoms with Gasteiger partial charge in [0.15, 0.2) is 11.5 Å². The molecule has 0 aromatic heterocycles. The molecule has 3 heterocycles. The van der Waals surface area contributed by atoms with Crippen LogP contribution in [0.4, 0.5) is 0 Å². The van der Waals surface area contributed by atoms with Crippen LogP contribution in [0.2, 0.25) is 0 Å². The van der Waals surface area contributed by atoms with Crippen LogP contribution in [0.1, 0.15) is 23.2 Å². The molecule has 1 atom stereocenters. The molecule has 0 radical (unpaired) electrons. The number of hydrogen-bond acceptors (Lipinski definition) is 5. The lowest BCUT2D eigenvalue weighted by molar-refractivity contribution is -0.114. The van der Waals surface area contributed by atoms with Crippen molar-refractivity contribution < 1.29 is 19.1 Å². The zero-order valence-corrected chi connectivity index (χ0v) is 10.9. The van der Waals surface area contributed by atoms with Crippen molar-refractivity contribution in [3.05, 3.63) is 17.7 Å². The summed E-state index contributed by atoms with van der Waals surface area (Å²) in [4.78, 5) is 27.1. The highest BCUT2D eigenvalue weighted by Crippen LogP contribution is 2.42. The molecule has 1 unspecified atom stereocenters. The maximum Gasteiger partial charge on any atom is 0.255 e. The molecule has 1 aromatic carbocycles. The number of thioether (sulfide) groups is 1. The van der Waals surface area contributed by atoms with E-state index in [0.717, 1.165) is 24.6 Å². The smallest absolute Gasteiger partial charge is 0.255 e. The molecule has 1 amide bonds. The summed E-state index contributed by atoms with van der Waals surface area (Å²) in [6.07, 6.45) is 1.65. The Bertz CT molecular complexity index is 601. The van der Waals surface area contributed by atoms with E-state index in [9.17, 15) is 9.59 Å².